The van der Waals surface area contributed by atoms with Crippen molar-refractivity contribution < 1.29 is 4.79 Å². The summed E-state index contributed by atoms with van der Waals surface area (Å²) >= 11 is 0. The van der Waals surface area contributed by atoms with Crippen LogP contribution in [0, 0.1) is 5.92 Å². The number of rotatable bonds is 5. The Labute approximate surface area is 111 Å². The predicted molar refractivity (Wildman–Crippen MR) is 74.4 cm³/mol. The van der Waals surface area contributed by atoms with E-state index in [1.54, 1.807) is 0 Å². The molecular formula is C15H28N2O. The first-order chi connectivity index (χ1) is 8.66. The molecular weight excluding hydrogens is 224 g/mol. The predicted octanol–water partition coefficient (Wildman–Crippen LogP) is 2.60. The Hall–Kier alpha value is -0.570. The van der Waals surface area contributed by atoms with Gasteiger partial charge in [0.2, 0.25) is 5.91 Å². The summed E-state index contributed by atoms with van der Waals surface area (Å²) in [5, 5.41) is 6.66. The molecule has 2 fully saturated rings. The van der Waals surface area contributed by atoms with E-state index in [0.717, 1.165) is 18.8 Å². The molecule has 2 saturated carbocycles. The summed E-state index contributed by atoms with van der Waals surface area (Å²) in [6.07, 6.45) is 10.2. The lowest BCUT2D eigenvalue weighted by atomic mass is 9.99. The van der Waals surface area contributed by atoms with Gasteiger partial charge < -0.3 is 10.6 Å². The van der Waals surface area contributed by atoms with Crippen LogP contribution in [0.3, 0.4) is 0 Å². The molecule has 0 aromatic carbocycles. The molecule has 18 heavy (non-hydrogen) atoms. The fourth-order valence-electron chi connectivity index (χ4n) is 3.46. The van der Waals surface area contributed by atoms with Crippen LogP contribution in [0.25, 0.3) is 0 Å². The largest absolute Gasteiger partial charge is 0.352 e. The monoisotopic (exact) mass is 252 g/mol. The Morgan fingerprint density at radius 2 is 1.56 bits per heavy atom. The Morgan fingerprint density at radius 3 is 2.17 bits per heavy atom. The van der Waals surface area contributed by atoms with Crippen LogP contribution in [0.2, 0.25) is 0 Å². The van der Waals surface area contributed by atoms with Crippen molar-refractivity contribution in [2.24, 2.45) is 5.92 Å². The Balaban J connectivity index is 1.71. The third kappa shape index (κ3) is 3.71. The average Bonchev–Trinajstić information content (AvgIpc) is 3.01. The standard InChI is InChI=1S/C15H28N2O/c1-11(13-7-3-4-8-13)16-12(2)15(18)17-14-9-5-6-10-14/h11-14,16H,3-10H2,1-2H3,(H,17,18). The molecule has 2 N–H and O–H groups in total. The molecule has 0 radical (unpaired) electrons. The zero-order chi connectivity index (χ0) is 13.0. The Morgan fingerprint density at radius 1 is 1.00 bits per heavy atom. The minimum Gasteiger partial charge on any atom is -0.352 e. The number of hydrogen-bond acceptors (Lipinski definition) is 2. The summed E-state index contributed by atoms with van der Waals surface area (Å²) in [6, 6.07) is 0.849. The van der Waals surface area contributed by atoms with E-state index in [4.69, 9.17) is 0 Å². The van der Waals surface area contributed by atoms with E-state index >= 15 is 0 Å². The molecule has 0 bridgehead atoms. The van der Waals surface area contributed by atoms with Crippen molar-refractivity contribution >= 4 is 5.91 Å². The van der Waals surface area contributed by atoms with Crippen molar-refractivity contribution in [3.63, 3.8) is 0 Å². The second-order valence-electron chi connectivity index (χ2n) is 6.21. The molecule has 2 unspecified atom stereocenters. The van der Waals surface area contributed by atoms with Crippen LogP contribution in [0.15, 0.2) is 0 Å². The van der Waals surface area contributed by atoms with Gasteiger partial charge in [-0.2, -0.15) is 0 Å². The minimum absolute atomic E-state index is 0.0544. The third-order valence-corrected chi connectivity index (χ3v) is 4.71. The van der Waals surface area contributed by atoms with Crippen molar-refractivity contribution in [2.45, 2.75) is 83.3 Å². The fraction of sp³-hybridized carbons (Fsp3) is 0.933. The number of nitrogens with one attached hydrogen (secondary N) is 2. The maximum absolute atomic E-state index is 12.1. The molecule has 3 heteroatoms. The molecule has 104 valence electrons. The van der Waals surface area contributed by atoms with Gasteiger partial charge in [-0.15, -0.1) is 0 Å². The molecule has 1 amide bonds. The van der Waals surface area contributed by atoms with Crippen LogP contribution >= 0.6 is 0 Å². The van der Waals surface area contributed by atoms with Gasteiger partial charge in [-0.05, 0) is 45.4 Å². The van der Waals surface area contributed by atoms with E-state index in [9.17, 15) is 4.79 Å². The highest BCUT2D eigenvalue weighted by Gasteiger charge is 2.25. The van der Waals surface area contributed by atoms with Crippen LogP contribution in [-0.2, 0) is 4.79 Å². The first kappa shape index (κ1) is 13.9. The third-order valence-electron chi connectivity index (χ3n) is 4.71. The van der Waals surface area contributed by atoms with Gasteiger partial charge in [0.25, 0.3) is 0 Å². The first-order valence-electron chi connectivity index (χ1n) is 7.73. The van der Waals surface area contributed by atoms with Crippen molar-refractivity contribution in [3.8, 4) is 0 Å². The van der Waals surface area contributed by atoms with Gasteiger partial charge in [-0.25, -0.2) is 0 Å². The molecule has 0 heterocycles. The molecule has 0 aliphatic heterocycles. The number of hydrogen-bond donors (Lipinski definition) is 2. The summed E-state index contributed by atoms with van der Waals surface area (Å²) in [4.78, 5) is 12.1. The highest BCUT2D eigenvalue weighted by atomic mass is 16.2. The van der Waals surface area contributed by atoms with E-state index < -0.39 is 0 Å². The summed E-state index contributed by atoms with van der Waals surface area (Å²) in [5.74, 6) is 0.957. The van der Waals surface area contributed by atoms with E-state index in [2.05, 4.69) is 17.6 Å². The van der Waals surface area contributed by atoms with Crippen molar-refractivity contribution in [1.82, 2.24) is 10.6 Å². The molecule has 3 nitrogen and oxygen atoms in total. The topological polar surface area (TPSA) is 41.1 Å². The molecule has 0 aromatic rings. The number of carbonyl (C=O) groups excluding carboxylic acids is 1. The molecule has 2 aliphatic rings. The number of amides is 1. The van der Waals surface area contributed by atoms with Gasteiger partial charge in [0.15, 0.2) is 0 Å². The van der Waals surface area contributed by atoms with Gasteiger partial charge in [-0.3, -0.25) is 4.79 Å². The summed E-state index contributed by atoms with van der Waals surface area (Å²) in [5.41, 5.74) is 0. The zero-order valence-electron chi connectivity index (χ0n) is 11.9. The van der Waals surface area contributed by atoms with E-state index in [1.807, 2.05) is 6.92 Å². The van der Waals surface area contributed by atoms with Crippen molar-refractivity contribution in [2.75, 3.05) is 0 Å². The lowest BCUT2D eigenvalue weighted by Gasteiger charge is -2.25. The Kier molecular flexibility index (Phi) is 5.04. The van der Waals surface area contributed by atoms with Crippen LogP contribution < -0.4 is 10.6 Å². The fourth-order valence-corrected chi connectivity index (χ4v) is 3.46. The van der Waals surface area contributed by atoms with Crippen molar-refractivity contribution in [1.29, 1.82) is 0 Å². The van der Waals surface area contributed by atoms with Gasteiger partial charge in [0.05, 0.1) is 6.04 Å². The lowest BCUT2D eigenvalue weighted by molar-refractivity contribution is -0.123. The smallest absolute Gasteiger partial charge is 0.237 e. The van der Waals surface area contributed by atoms with Crippen molar-refractivity contribution in [3.05, 3.63) is 0 Å². The SMILES string of the molecule is CC(NC(C)C1CCCC1)C(=O)NC1CCCC1. The first-order valence-corrected chi connectivity index (χ1v) is 7.73. The summed E-state index contributed by atoms with van der Waals surface area (Å²) in [7, 11) is 0. The van der Waals surface area contributed by atoms with E-state index in [-0.39, 0.29) is 11.9 Å². The zero-order valence-corrected chi connectivity index (χ0v) is 11.9. The minimum atomic E-state index is -0.0544. The van der Waals surface area contributed by atoms with E-state index in [1.165, 1.54) is 38.5 Å². The van der Waals surface area contributed by atoms with Gasteiger partial charge in [0, 0.05) is 12.1 Å². The molecule has 2 rings (SSSR count). The van der Waals surface area contributed by atoms with E-state index in [0.29, 0.717) is 12.1 Å². The molecule has 2 aliphatic carbocycles. The highest BCUT2D eigenvalue weighted by Crippen LogP contribution is 2.27. The Bertz CT molecular complexity index is 268. The second-order valence-corrected chi connectivity index (χ2v) is 6.21. The van der Waals surface area contributed by atoms with Crippen LogP contribution in [0.5, 0.6) is 0 Å². The number of carbonyl (C=O) groups is 1. The molecule has 0 aromatic heterocycles. The van der Waals surface area contributed by atoms with Gasteiger partial charge in [-0.1, -0.05) is 25.7 Å². The molecule has 0 spiro atoms. The second kappa shape index (κ2) is 6.55. The average molecular weight is 252 g/mol. The normalized spacial score (nSPS) is 25.2. The molecule has 2 atom stereocenters. The van der Waals surface area contributed by atoms with Crippen LogP contribution in [-0.4, -0.2) is 24.0 Å². The lowest BCUT2D eigenvalue weighted by Crippen LogP contribution is -2.49. The summed E-state index contributed by atoms with van der Waals surface area (Å²) < 4.78 is 0. The highest BCUT2D eigenvalue weighted by molar-refractivity contribution is 5.81. The van der Waals surface area contributed by atoms with Gasteiger partial charge in [0.1, 0.15) is 0 Å². The van der Waals surface area contributed by atoms with Crippen LogP contribution in [0.1, 0.15) is 65.2 Å². The van der Waals surface area contributed by atoms with Gasteiger partial charge >= 0.3 is 0 Å². The summed E-state index contributed by atoms with van der Waals surface area (Å²) in [6.45, 7) is 4.23. The maximum Gasteiger partial charge on any atom is 0.237 e. The van der Waals surface area contributed by atoms with Crippen LogP contribution in [0.4, 0.5) is 0 Å². The quantitative estimate of drug-likeness (QED) is 0.789. The molecule has 0 saturated heterocycles. The maximum atomic E-state index is 12.1.